The van der Waals surface area contributed by atoms with E-state index in [1.54, 1.807) is 0 Å². The Bertz CT molecular complexity index is 561. The van der Waals surface area contributed by atoms with E-state index in [4.69, 9.17) is 0 Å². The molecule has 1 N–H and O–H groups in total. The molecule has 0 amide bonds. The van der Waals surface area contributed by atoms with Gasteiger partial charge in [0.05, 0.1) is 5.56 Å². The van der Waals surface area contributed by atoms with Gasteiger partial charge in [0.1, 0.15) is 0 Å². The van der Waals surface area contributed by atoms with E-state index in [9.17, 15) is 13.6 Å². The monoisotopic (exact) mass is 228 g/mol. The number of nitrogens with one attached hydrogen (secondary N) is 1. The van der Waals surface area contributed by atoms with Crippen molar-refractivity contribution in [2.45, 2.75) is 6.92 Å². The van der Waals surface area contributed by atoms with E-state index >= 15 is 0 Å². The summed E-state index contributed by atoms with van der Waals surface area (Å²) in [7, 11) is 0. The molecule has 0 saturated carbocycles. The van der Waals surface area contributed by atoms with Crippen LogP contribution >= 0.6 is 11.3 Å². The van der Waals surface area contributed by atoms with Crippen LogP contribution in [-0.2, 0) is 0 Å². The van der Waals surface area contributed by atoms with Crippen LogP contribution in [0.3, 0.4) is 0 Å². The number of halogens is 2. The molecular weight excluding hydrogens is 222 g/mol. The number of hydrogen-bond donors (Lipinski definition) is 1. The summed E-state index contributed by atoms with van der Waals surface area (Å²) < 4.78 is 26.6. The molecule has 0 atom stereocenters. The second kappa shape index (κ2) is 3.54. The molecule has 15 heavy (non-hydrogen) atoms. The van der Waals surface area contributed by atoms with Crippen LogP contribution in [0, 0.1) is 18.6 Å². The van der Waals surface area contributed by atoms with Crippen LogP contribution in [-0.4, -0.2) is 10.2 Å². The van der Waals surface area contributed by atoms with Gasteiger partial charge in [-0.3, -0.25) is 4.79 Å². The van der Waals surface area contributed by atoms with E-state index in [1.807, 2.05) is 0 Å². The number of H-pyrrole nitrogens is 1. The highest BCUT2D eigenvalue weighted by molar-refractivity contribution is 7.12. The number of aryl methyl sites for hydroxylation is 1. The van der Waals surface area contributed by atoms with Crippen molar-refractivity contribution in [3.05, 3.63) is 39.0 Å². The lowest BCUT2D eigenvalue weighted by molar-refractivity contribution is 0.505. The van der Waals surface area contributed by atoms with Gasteiger partial charge >= 0.3 is 4.87 Å². The van der Waals surface area contributed by atoms with Crippen LogP contribution < -0.4 is 4.87 Å². The van der Waals surface area contributed by atoms with Crippen molar-refractivity contribution in [2.24, 2.45) is 0 Å². The van der Waals surface area contributed by atoms with Crippen LogP contribution in [0.2, 0.25) is 0 Å². The Labute approximate surface area is 87.4 Å². The Hall–Kier alpha value is -1.56. The zero-order valence-electron chi connectivity index (χ0n) is 7.67. The van der Waals surface area contributed by atoms with Crippen molar-refractivity contribution in [3.8, 4) is 10.6 Å². The second-order valence-electron chi connectivity index (χ2n) is 2.98. The average molecular weight is 228 g/mol. The van der Waals surface area contributed by atoms with Gasteiger partial charge in [-0.15, -0.1) is 0 Å². The van der Waals surface area contributed by atoms with E-state index in [-0.39, 0.29) is 16.1 Å². The minimum Gasteiger partial charge on any atom is -0.255 e. The van der Waals surface area contributed by atoms with Crippen LogP contribution in [0.25, 0.3) is 10.6 Å². The normalized spacial score (nSPS) is 10.6. The molecule has 78 valence electrons. The van der Waals surface area contributed by atoms with Crippen molar-refractivity contribution in [3.63, 3.8) is 0 Å². The molecule has 3 nitrogen and oxygen atoms in total. The lowest BCUT2D eigenvalue weighted by Crippen LogP contribution is -1.92. The number of aromatic amines is 1. The SMILES string of the molecule is Cc1ccc(-c2n[nH]c(=O)s2)c(F)c1F. The third kappa shape index (κ3) is 1.68. The number of hydrogen-bond acceptors (Lipinski definition) is 3. The molecule has 1 heterocycles. The fourth-order valence-electron chi connectivity index (χ4n) is 1.16. The van der Waals surface area contributed by atoms with Gasteiger partial charge in [0.25, 0.3) is 0 Å². The Morgan fingerprint density at radius 1 is 1.33 bits per heavy atom. The summed E-state index contributed by atoms with van der Waals surface area (Å²) >= 11 is 0.741. The maximum atomic E-state index is 13.4. The molecule has 0 fully saturated rings. The van der Waals surface area contributed by atoms with E-state index in [1.165, 1.54) is 19.1 Å². The topological polar surface area (TPSA) is 45.8 Å². The predicted octanol–water partition coefficient (Wildman–Crippen LogP) is 2.09. The summed E-state index contributed by atoms with van der Waals surface area (Å²) in [6.45, 7) is 1.47. The molecule has 0 spiro atoms. The maximum absolute atomic E-state index is 13.4. The van der Waals surface area contributed by atoms with Crippen molar-refractivity contribution in [2.75, 3.05) is 0 Å². The molecule has 0 unspecified atom stereocenters. The van der Waals surface area contributed by atoms with Crippen molar-refractivity contribution < 1.29 is 8.78 Å². The largest absolute Gasteiger partial charge is 0.322 e. The van der Waals surface area contributed by atoms with Gasteiger partial charge in [-0.25, -0.2) is 13.9 Å². The molecule has 0 radical (unpaired) electrons. The third-order valence-corrected chi connectivity index (χ3v) is 2.73. The summed E-state index contributed by atoms with van der Waals surface area (Å²) in [6, 6.07) is 2.85. The Morgan fingerprint density at radius 3 is 2.67 bits per heavy atom. The fraction of sp³-hybridized carbons (Fsp3) is 0.111. The number of nitrogens with zero attached hydrogens (tertiary/aromatic N) is 1. The van der Waals surface area contributed by atoms with Crippen molar-refractivity contribution in [1.29, 1.82) is 0 Å². The van der Waals surface area contributed by atoms with Crippen molar-refractivity contribution >= 4 is 11.3 Å². The first-order valence-corrected chi connectivity index (χ1v) is 4.91. The summed E-state index contributed by atoms with van der Waals surface area (Å²) in [5.41, 5.74) is 0.223. The second-order valence-corrected chi connectivity index (χ2v) is 3.94. The van der Waals surface area contributed by atoms with Crippen LogP contribution in [0.1, 0.15) is 5.56 Å². The molecule has 0 bridgehead atoms. The van der Waals surface area contributed by atoms with Crippen LogP contribution in [0.5, 0.6) is 0 Å². The predicted molar refractivity (Wildman–Crippen MR) is 52.8 cm³/mol. The smallest absolute Gasteiger partial charge is 0.255 e. The number of benzene rings is 1. The Morgan fingerprint density at radius 2 is 2.07 bits per heavy atom. The maximum Gasteiger partial charge on any atom is 0.322 e. The molecule has 2 aromatic rings. The highest BCUT2D eigenvalue weighted by Gasteiger charge is 2.14. The van der Waals surface area contributed by atoms with Gasteiger partial charge in [0.2, 0.25) is 0 Å². The standard InChI is InChI=1S/C9H6F2N2OS/c1-4-2-3-5(7(11)6(4)10)8-12-13-9(14)15-8/h2-3H,1H3,(H,13,14). The molecule has 2 rings (SSSR count). The highest BCUT2D eigenvalue weighted by atomic mass is 32.1. The minimum atomic E-state index is -0.974. The number of aromatic nitrogens is 2. The van der Waals surface area contributed by atoms with E-state index in [0.717, 1.165) is 11.3 Å². The molecule has 0 aliphatic rings. The molecule has 0 aliphatic heterocycles. The Kier molecular flexibility index (Phi) is 2.36. The summed E-state index contributed by atoms with van der Waals surface area (Å²) in [5.74, 6) is -1.88. The van der Waals surface area contributed by atoms with Gasteiger partial charge < -0.3 is 0 Å². The minimum absolute atomic E-state index is 0.00134. The summed E-state index contributed by atoms with van der Waals surface area (Å²) in [4.78, 5) is 10.4. The van der Waals surface area contributed by atoms with Gasteiger partial charge in [0, 0.05) is 0 Å². The molecule has 0 aliphatic carbocycles. The molecule has 1 aromatic carbocycles. The third-order valence-electron chi connectivity index (χ3n) is 1.94. The van der Waals surface area contributed by atoms with Gasteiger partial charge in [-0.2, -0.15) is 5.10 Å². The van der Waals surface area contributed by atoms with Crippen molar-refractivity contribution in [1.82, 2.24) is 10.2 Å². The van der Waals surface area contributed by atoms with Gasteiger partial charge in [0.15, 0.2) is 16.6 Å². The van der Waals surface area contributed by atoms with Crippen LogP contribution in [0.15, 0.2) is 16.9 Å². The quantitative estimate of drug-likeness (QED) is 0.812. The lowest BCUT2D eigenvalue weighted by atomic mass is 10.1. The van der Waals surface area contributed by atoms with E-state index in [0.29, 0.717) is 0 Å². The zero-order chi connectivity index (χ0) is 11.0. The molecule has 0 saturated heterocycles. The Balaban J connectivity index is 2.64. The lowest BCUT2D eigenvalue weighted by Gasteiger charge is -2.01. The first kappa shape index (κ1) is 9.97. The molecule has 1 aromatic heterocycles. The van der Waals surface area contributed by atoms with E-state index in [2.05, 4.69) is 10.2 Å². The highest BCUT2D eigenvalue weighted by Crippen LogP contribution is 2.25. The fourth-order valence-corrected chi connectivity index (χ4v) is 1.78. The molecule has 6 heteroatoms. The van der Waals surface area contributed by atoms with Gasteiger partial charge in [-0.05, 0) is 18.6 Å². The molecular formula is C9H6F2N2OS. The van der Waals surface area contributed by atoms with E-state index < -0.39 is 16.5 Å². The zero-order valence-corrected chi connectivity index (χ0v) is 8.49. The summed E-state index contributed by atoms with van der Waals surface area (Å²) in [6.07, 6.45) is 0. The first-order valence-electron chi connectivity index (χ1n) is 4.10. The van der Waals surface area contributed by atoms with Crippen LogP contribution in [0.4, 0.5) is 8.78 Å². The number of rotatable bonds is 1. The first-order chi connectivity index (χ1) is 7.09. The summed E-state index contributed by atoms with van der Waals surface area (Å²) in [5, 5.41) is 5.89. The average Bonchev–Trinajstić information content (AvgIpc) is 2.61. The van der Waals surface area contributed by atoms with Gasteiger partial charge in [-0.1, -0.05) is 17.4 Å².